The van der Waals surface area contributed by atoms with Crippen LogP contribution >= 0.6 is 11.6 Å². The number of hydrogen-bond acceptors (Lipinski definition) is 20. The minimum absolute atomic E-state index is 0.00816. The summed E-state index contributed by atoms with van der Waals surface area (Å²) >= 11 is 6.37. The van der Waals surface area contributed by atoms with Gasteiger partial charge < -0.3 is 80.8 Å². The molecule has 3 saturated heterocycles. The van der Waals surface area contributed by atoms with E-state index < -0.39 is 29.3 Å². The van der Waals surface area contributed by atoms with E-state index >= 15 is 0 Å². The molecule has 8 heterocycles. The van der Waals surface area contributed by atoms with Crippen molar-refractivity contribution in [3.63, 3.8) is 0 Å². The zero-order chi connectivity index (χ0) is 78.3. The predicted molar refractivity (Wildman–Crippen MR) is 420 cm³/mol. The van der Waals surface area contributed by atoms with Crippen molar-refractivity contribution in [2.24, 2.45) is 0 Å². The van der Waals surface area contributed by atoms with Crippen molar-refractivity contribution in [3.8, 4) is 0 Å². The third-order valence-electron chi connectivity index (χ3n) is 19.4. The predicted octanol–water partition coefficient (Wildman–Crippen LogP) is 9.48. The van der Waals surface area contributed by atoms with Crippen LogP contribution in [0, 0.1) is 19.7 Å². The monoisotopic (exact) mass is 1520 g/mol. The number of esters is 3. The fourth-order valence-electron chi connectivity index (χ4n) is 14.0. The van der Waals surface area contributed by atoms with Gasteiger partial charge in [-0.05, 0) is 194 Å². The lowest BCUT2D eigenvalue weighted by Crippen LogP contribution is -2.49. The van der Waals surface area contributed by atoms with Gasteiger partial charge in [-0.25, -0.2) is 18.8 Å². The van der Waals surface area contributed by atoms with Crippen LogP contribution in [0.2, 0.25) is 5.02 Å². The number of likely N-dealkylation sites (N-methyl/N-ethyl adjacent to an activating group) is 1. The number of benzene rings is 4. The minimum Gasteiger partial charge on any atom is -0.462 e. The number of aryl methyl sites for hydroxylation is 4. The number of ether oxygens (including phenoxy) is 3. The Morgan fingerprint density at radius 3 is 1.11 bits per heavy atom. The molecule has 0 spiro atoms. The molecule has 12 rings (SSSR count). The molecule has 0 radical (unpaired) electrons. The zero-order valence-corrected chi connectivity index (χ0v) is 64.8. The van der Waals surface area contributed by atoms with Crippen LogP contribution in [-0.4, -0.2) is 239 Å². The summed E-state index contributed by atoms with van der Waals surface area (Å²) in [7, 11) is 11.8. The van der Waals surface area contributed by atoms with Crippen molar-refractivity contribution in [3.05, 3.63) is 202 Å². The molecule has 3 aliphatic heterocycles. The molecule has 0 N–H and O–H groups in total. The zero-order valence-electron chi connectivity index (χ0n) is 64.1. The van der Waals surface area contributed by atoms with Gasteiger partial charge in [0.05, 0.1) is 66.0 Å². The first-order chi connectivity index (χ1) is 52.3. The Balaban J connectivity index is 0.000000174. The number of carbonyl (C=O) groups is 6. The van der Waals surface area contributed by atoms with Gasteiger partial charge in [-0.3, -0.25) is 28.8 Å². The van der Waals surface area contributed by atoms with Crippen molar-refractivity contribution < 1.29 is 56.2 Å². The number of anilines is 3. The van der Waals surface area contributed by atoms with Gasteiger partial charge >= 0.3 is 17.9 Å². The maximum absolute atomic E-state index is 13.8. The summed E-state index contributed by atoms with van der Waals surface area (Å²) in [5.74, 6) is -2.25. The van der Waals surface area contributed by atoms with Crippen LogP contribution in [0.25, 0.3) is 32.7 Å². The van der Waals surface area contributed by atoms with Crippen molar-refractivity contribution in [2.75, 3.05) is 175 Å². The fourth-order valence-corrected chi connectivity index (χ4v) is 14.2. The van der Waals surface area contributed by atoms with E-state index in [2.05, 4.69) is 9.80 Å². The van der Waals surface area contributed by atoms with Gasteiger partial charge in [0.25, 0.3) is 34.4 Å². The van der Waals surface area contributed by atoms with Crippen LogP contribution in [-0.2, 0) is 33.8 Å². The van der Waals surface area contributed by atoms with Crippen molar-refractivity contribution in [1.82, 2.24) is 43.1 Å². The molecule has 4 aromatic carbocycles. The number of pyridine rings is 3. The average Bonchev–Trinajstić information content (AvgIpc) is 1.10. The van der Waals surface area contributed by atoms with E-state index in [1.165, 1.54) is 36.8 Å². The third-order valence-corrected chi connectivity index (χ3v) is 19.6. The summed E-state index contributed by atoms with van der Waals surface area (Å²) in [6.07, 6.45) is 4.47. The van der Waals surface area contributed by atoms with E-state index in [0.717, 1.165) is 58.9 Å². The number of rotatable bonds is 23. The summed E-state index contributed by atoms with van der Waals surface area (Å²) in [5, 5.41) is 2.85. The molecular formula is C81H98ClFN12O14. The van der Waals surface area contributed by atoms with E-state index in [0.29, 0.717) is 149 Å². The lowest BCUT2D eigenvalue weighted by Gasteiger charge is -2.37. The van der Waals surface area contributed by atoms with Gasteiger partial charge in [0.15, 0.2) is 11.5 Å². The molecule has 109 heavy (non-hydrogen) atoms. The highest BCUT2D eigenvalue weighted by Gasteiger charge is 2.35. The molecule has 9 aromatic rings. The number of fused-ring (bicyclic) bond motifs is 3. The number of hydrogen-bond donors (Lipinski definition) is 0. The summed E-state index contributed by atoms with van der Waals surface area (Å²) in [4.78, 5) is 136. The SMILES string of the molecule is CCOC(=O)c1c(N2CCN(C(=O)c3ccc(F)cc3)CC2)c2cc(C)ccc2n(CCCN(C)C)c1=O.CCOC(=O)c1c(N2CCN(C(=O)c3ccco3)CC2)c2cc(C)ccc2n(CCCN(C)C)c1=O.CCOC(=O)c1c(N2CCN(C(=O)c3ccco3)CC2)c2cc(Cl)ccc2n(CCN(C)C)c1=O. The lowest BCUT2D eigenvalue weighted by molar-refractivity contribution is 0.0514. The first-order valence-electron chi connectivity index (χ1n) is 36.9. The molecule has 580 valence electrons. The van der Waals surface area contributed by atoms with Gasteiger partial charge in [0, 0.05) is 131 Å². The van der Waals surface area contributed by atoms with Gasteiger partial charge in [-0.15, -0.1) is 0 Å². The highest BCUT2D eigenvalue weighted by molar-refractivity contribution is 6.31. The van der Waals surface area contributed by atoms with Gasteiger partial charge in [0.2, 0.25) is 0 Å². The van der Waals surface area contributed by atoms with Crippen molar-refractivity contribution in [1.29, 1.82) is 0 Å². The number of nitrogens with zero attached hydrogens (tertiary/aromatic N) is 12. The standard InChI is InChI=1S/C29H35FN4O4.C27H34N4O5.C25H29ClN4O5/c1-5-38-29(37)25-26(32-15-17-33(18-16-32)27(35)21-8-10-22(30)11-9-21)23-19-20(2)7-12-24(23)34(28(25)36)14-6-13-31(3)4;1-5-35-27(34)23-24(29-13-15-30(16-14-29)25(32)22-8-6-17-36-22)20-18-19(2)9-10-21(20)31(26(23)33)12-7-11-28(3)4;1-4-34-25(33)21-22(28-10-12-29(13-11-28)23(31)20-6-5-15-35-20)18-16-17(26)7-8-19(18)30(24(21)32)14-9-27(2)3/h7-12,19H,5-6,13-18H2,1-4H3;6,8-10,17-18H,5,7,11-16H2,1-4H3;5-8,15-16H,4,9-14H2,1-3H3. The second-order valence-electron chi connectivity index (χ2n) is 27.8. The largest absolute Gasteiger partial charge is 0.462 e. The number of furan rings is 2. The van der Waals surface area contributed by atoms with Gasteiger partial charge in [-0.2, -0.15) is 0 Å². The first kappa shape index (κ1) is 80.9. The van der Waals surface area contributed by atoms with E-state index in [9.17, 15) is 47.5 Å². The van der Waals surface area contributed by atoms with Crippen LogP contribution in [0.4, 0.5) is 21.5 Å². The van der Waals surface area contributed by atoms with E-state index in [-0.39, 0.29) is 71.1 Å². The Bertz CT molecular complexity index is 4920. The smallest absolute Gasteiger partial charge is 0.345 e. The molecule has 3 aliphatic rings. The number of halogens is 2. The summed E-state index contributed by atoms with van der Waals surface area (Å²) in [6, 6.07) is 29.4. The molecule has 0 aliphatic carbocycles. The molecule has 28 heteroatoms. The normalized spacial score (nSPS) is 14.0. The third kappa shape index (κ3) is 18.9. The Kier molecular flexibility index (Phi) is 27.5. The lowest BCUT2D eigenvalue weighted by atomic mass is 10.0. The number of piperazine rings is 3. The molecule has 0 saturated carbocycles. The second-order valence-corrected chi connectivity index (χ2v) is 28.3. The molecule has 0 atom stereocenters. The summed E-state index contributed by atoms with van der Waals surface area (Å²) in [6.45, 7) is 18.4. The minimum atomic E-state index is -0.665. The Hall–Kier alpha value is -10.6. The molecule has 5 aromatic heterocycles. The first-order valence-corrected chi connectivity index (χ1v) is 37.3. The van der Waals surface area contributed by atoms with Crippen LogP contribution in [0.15, 0.2) is 139 Å². The Morgan fingerprint density at radius 1 is 0.431 bits per heavy atom. The highest BCUT2D eigenvalue weighted by atomic mass is 35.5. The molecule has 26 nitrogen and oxygen atoms in total. The van der Waals surface area contributed by atoms with Crippen LogP contribution in [0.3, 0.4) is 0 Å². The van der Waals surface area contributed by atoms with Crippen molar-refractivity contribution >= 4 is 97.0 Å². The van der Waals surface area contributed by atoms with Gasteiger partial charge in [-0.1, -0.05) is 34.9 Å². The Labute approximate surface area is 637 Å². The summed E-state index contributed by atoms with van der Waals surface area (Å²) in [5.41, 5.74) is 5.36. The second kappa shape index (κ2) is 37.0. The van der Waals surface area contributed by atoms with E-state index in [1.807, 2.05) is 118 Å². The molecule has 3 amide bonds. The topological polar surface area (TPSA) is 252 Å². The fraction of sp³-hybridized carbons (Fsp3) is 0.420. The molecule has 3 fully saturated rings. The average molecular weight is 1520 g/mol. The van der Waals surface area contributed by atoms with E-state index in [1.54, 1.807) is 85.6 Å². The number of aromatic nitrogens is 3. The number of amides is 3. The molecular weight excluding hydrogens is 1420 g/mol. The van der Waals surface area contributed by atoms with E-state index in [4.69, 9.17) is 34.6 Å². The van der Waals surface area contributed by atoms with Crippen LogP contribution < -0.4 is 31.4 Å². The van der Waals surface area contributed by atoms with Crippen LogP contribution in [0.1, 0.15) is 107 Å². The highest BCUT2D eigenvalue weighted by Crippen LogP contribution is 2.36. The summed E-state index contributed by atoms with van der Waals surface area (Å²) < 4.78 is 44.9. The van der Waals surface area contributed by atoms with Gasteiger partial charge in [0.1, 0.15) is 22.5 Å². The molecule has 0 bridgehead atoms. The quantitative estimate of drug-likeness (QED) is 0.0427. The molecule has 0 unspecified atom stereocenters. The van der Waals surface area contributed by atoms with Crippen molar-refractivity contribution in [2.45, 2.75) is 67.1 Å². The number of carbonyl (C=O) groups excluding carboxylic acids is 6. The maximum atomic E-state index is 13.8. The van der Waals surface area contributed by atoms with Crippen LogP contribution in [0.5, 0.6) is 0 Å². The Morgan fingerprint density at radius 2 is 0.771 bits per heavy atom. The maximum Gasteiger partial charge on any atom is 0.345 e.